The number of hydrogen-bond donors (Lipinski definition) is 1. The monoisotopic (exact) mass is 316 g/mol. The minimum Gasteiger partial charge on any atom is -0.497 e. The highest BCUT2D eigenvalue weighted by Crippen LogP contribution is 2.29. The average Bonchev–Trinajstić information content (AvgIpc) is 3.12. The number of rotatable bonds is 4. The van der Waals surface area contributed by atoms with Crippen LogP contribution in [0.3, 0.4) is 0 Å². The van der Waals surface area contributed by atoms with Crippen LogP contribution in [0.1, 0.15) is 30.4 Å². The van der Waals surface area contributed by atoms with E-state index in [0.29, 0.717) is 10.8 Å². The number of benzene rings is 1. The maximum atomic E-state index is 12.2. The van der Waals surface area contributed by atoms with Gasteiger partial charge in [-0.15, -0.1) is 0 Å². The normalized spacial score (nSPS) is 11.1. The van der Waals surface area contributed by atoms with Crippen molar-refractivity contribution in [2.75, 3.05) is 12.4 Å². The molecule has 0 radical (unpaired) electrons. The van der Waals surface area contributed by atoms with E-state index in [2.05, 4.69) is 15.4 Å². The summed E-state index contributed by atoms with van der Waals surface area (Å²) in [7, 11) is 1.62. The van der Waals surface area contributed by atoms with Crippen LogP contribution in [0.15, 0.2) is 30.5 Å². The highest BCUT2D eigenvalue weighted by molar-refractivity contribution is 7.22. The SMILES string of the molecule is COc1ccc2nc(NC(=O)c3ccn(C(C)C)n3)sc2c1. The number of amides is 1. The molecule has 2 aromatic heterocycles. The molecule has 1 aromatic carbocycles. The molecule has 7 heteroatoms. The summed E-state index contributed by atoms with van der Waals surface area (Å²) in [6.07, 6.45) is 1.79. The van der Waals surface area contributed by atoms with Gasteiger partial charge in [-0.1, -0.05) is 11.3 Å². The van der Waals surface area contributed by atoms with Gasteiger partial charge in [-0.2, -0.15) is 5.10 Å². The standard InChI is InChI=1S/C15H16N4O2S/c1-9(2)19-7-6-12(18-19)14(20)17-15-16-11-5-4-10(21-3)8-13(11)22-15/h4-9H,1-3H3,(H,16,17,20). The number of thiazole rings is 1. The van der Waals surface area contributed by atoms with Crippen LogP contribution in [0.5, 0.6) is 5.75 Å². The highest BCUT2D eigenvalue weighted by atomic mass is 32.1. The minimum absolute atomic E-state index is 0.219. The van der Waals surface area contributed by atoms with Crippen molar-refractivity contribution in [2.45, 2.75) is 19.9 Å². The molecular formula is C15H16N4O2S. The van der Waals surface area contributed by atoms with E-state index in [0.717, 1.165) is 16.0 Å². The Morgan fingerprint density at radius 1 is 1.36 bits per heavy atom. The lowest BCUT2D eigenvalue weighted by Gasteiger charge is -2.03. The second-order valence-electron chi connectivity index (χ2n) is 5.08. The van der Waals surface area contributed by atoms with Crippen molar-refractivity contribution in [3.05, 3.63) is 36.2 Å². The van der Waals surface area contributed by atoms with E-state index < -0.39 is 0 Å². The van der Waals surface area contributed by atoms with Crippen molar-refractivity contribution in [3.8, 4) is 5.75 Å². The fourth-order valence-electron chi connectivity index (χ4n) is 1.99. The number of methoxy groups -OCH3 is 1. The largest absolute Gasteiger partial charge is 0.497 e. The van der Waals surface area contributed by atoms with Gasteiger partial charge in [-0.05, 0) is 38.1 Å². The zero-order chi connectivity index (χ0) is 15.7. The van der Waals surface area contributed by atoms with Gasteiger partial charge in [0.15, 0.2) is 10.8 Å². The Kier molecular flexibility index (Phi) is 3.81. The molecule has 1 N–H and O–H groups in total. The van der Waals surface area contributed by atoms with Crippen molar-refractivity contribution in [3.63, 3.8) is 0 Å². The molecule has 3 aromatic rings. The van der Waals surface area contributed by atoms with E-state index in [1.165, 1.54) is 11.3 Å². The lowest BCUT2D eigenvalue weighted by molar-refractivity contribution is 0.102. The first-order valence-corrected chi connectivity index (χ1v) is 7.69. The number of nitrogens with one attached hydrogen (secondary N) is 1. The maximum absolute atomic E-state index is 12.2. The molecule has 114 valence electrons. The zero-order valence-electron chi connectivity index (χ0n) is 12.5. The molecule has 0 aliphatic rings. The summed E-state index contributed by atoms with van der Waals surface area (Å²) in [6.45, 7) is 4.02. The van der Waals surface area contributed by atoms with Gasteiger partial charge < -0.3 is 4.74 Å². The quantitative estimate of drug-likeness (QED) is 0.801. The first-order chi connectivity index (χ1) is 10.6. The molecule has 0 atom stereocenters. The van der Waals surface area contributed by atoms with Gasteiger partial charge in [0, 0.05) is 12.2 Å². The number of ether oxygens (including phenoxy) is 1. The van der Waals surface area contributed by atoms with Crippen LogP contribution in [0, 0.1) is 0 Å². The smallest absolute Gasteiger partial charge is 0.277 e. The Morgan fingerprint density at radius 2 is 2.18 bits per heavy atom. The van der Waals surface area contributed by atoms with Gasteiger partial charge in [0.05, 0.1) is 17.3 Å². The van der Waals surface area contributed by atoms with Gasteiger partial charge in [-0.3, -0.25) is 14.8 Å². The molecule has 0 fully saturated rings. The number of carbonyl (C=O) groups is 1. The average molecular weight is 316 g/mol. The van der Waals surface area contributed by atoms with Crippen LogP contribution in [-0.2, 0) is 0 Å². The third-order valence-corrected chi connectivity index (χ3v) is 4.12. The molecule has 0 aliphatic heterocycles. The third kappa shape index (κ3) is 2.80. The predicted molar refractivity (Wildman–Crippen MR) is 86.7 cm³/mol. The molecule has 22 heavy (non-hydrogen) atoms. The molecule has 0 bridgehead atoms. The molecule has 1 amide bonds. The van der Waals surface area contributed by atoms with Crippen LogP contribution in [0.4, 0.5) is 5.13 Å². The molecule has 0 spiro atoms. The van der Waals surface area contributed by atoms with E-state index in [9.17, 15) is 4.79 Å². The Morgan fingerprint density at radius 3 is 2.86 bits per heavy atom. The van der Waals surface area contributed by atoms with E-state index in [4.69, 9.17) is 4.74 Å². The highest BCUT2D eigenvalue weighted by Gasteiger charge is 2.13. The van der Waals surface area contributed by atoms with Gasteiger partial charge in [0.25, 0.3) is 5.91 Å². The molecule has 0 aliphatic carbocycles. The molecular weight excluding hydrogens is 300 g/mol. The number of fused-ring (bicyclic) bond motifs is 1. The number of anilines is 1. The Balaban J connectivity index is 1.81. The second kappa shape index (κ2) is 5.76. The molecule has 0 saturated carbocycles. The summed E-state index contributed by atoms with van der Waals surface area (Å²) >= 11 is 1.41. The summed E-state index contributed by atoms with van der Waals surface area (Å²) < 4.78 is 7.89. The predicted octanol–water partition coefficient (Wildman–Crippen LogP) is 3.33. The number of hydrogen-bond acceptors (Lipinski definition) is 5. The topological polar surface area (TPSA) is 69.0 Å². The van der Waals surface area contributed by atoms with Crippen molar-refractivity contribution < 1.29 is 9.53 Å². The number of aromatic nitrogens is 3. The molecule has 3 rings (SSSR count). The summed E-state index contributed by atoms with van der Waals surface area (Å²) in [6, 6.07) is 7.53. The Bertz CT molecular complexity index is 822. The first-order valence-electron chi connectivity index (χ1n) is 6.88. The van der Waals surface area contributed by atoms with Crippen LogP contribution >= 0.6 is 11.3 Å². The van der Waals surface area contributed by atoms with Gasteiger partial charge in [0.2, 0.25) is 0 Å². The zero-order valence-corrected chi connectivity index (χ0v) is 13.3. The van der Waals surface area contributed by atoms with E-state index >= 15 is 0 Å². The Hall–Kier alpha value is -2.41. The first kappa shape index (κ1) is 14.5. The fraction of sp³-hybridized carbons (Fsp3) is 0.267. The second-order valence-corrected chi connectivity index (χ2v) is 6.11. The Labute approximate surface area is 131 Å². The molecule has 0 unspecified atom stereocenters. The minimum atomic E-state index is -0.259. The number of carbonyl (C=O) groups excluding carboxylic acids is 1. The summed E-state index contributed by atoms with van der Waals surface area (Å²) in [4.78, 5) is 16.6. The summed E-state index contributed by atoms with van der Waals surface area (Å²) in [5.74, 6) is 0.509. The van der Waals surface area contributed by atoms with Crippen LogP contribution in [0.25, 0.3) is 10.2 Å². The van der Waals surface area contributed by atoms with Crippen molar-refractivity contribution in [2.24, 2.45) is 0 Å². The summed E-state index contributed by atoms with van der Waals surface area (Å²) in [5.41, 5.74) is 1.21. The maximum Gasteiger partial charge on any atom is 0.277 e. The van der Waals surface area contributed by atoms with Crippen LogP contribution in [-0.4, -0.2) is 27.8 Å². The number of nitrogens with zero attached hydrogens (tertiary/aromatic N) is 3. The van der Waals surface area contributed by atoms with Crippen molar-refractivity contribution in [1.29, 1.82) is 0 Å². The van der Waals surface area contributed by atoms with Gasteiger partial charge in [-0.25, -0.2) is 4.98 Å². The fourth-order valence-corrected chi connectivity index (χ4v) is 2.88. The van der Waals surface area contributed by atoms with Crippen molar-refractivity contribution in [1.82, 2.24) is 14.8 Å². The molecule has 6 nitrogen and oxygen atoms in total. The van der Waals surface area contributed by atoms with Crippen molar-refractivity contribution >= 4 is 32.6 Å². The molecule has 2 heterocycles. The van der Waals surface area contributed by atoms with Gasteiger partial charge >= 0.3 is 0 Å². The van der Waals surface area contributed by atoms with Crippen LogP contribution < -0.4 is 10.1 Å². The van der Waals surface area contributed by atoms with E-state index in [-0.39, 0.29) is 11.9 Å². The van der Waals surface area contributed by atoms with Crippen LogP contribution in [0.2, 0.25) is 0 Å². The molecule has 0 saturated heterocycles. The summed E-state index contributed by atoms with van der Waals surface area (Å²) in [5, 5.41) is 7.59. The lowest BCUT2D eigenvalue weighted by atomic mass is 10.3. The third-order valence-electron chi connectivity index (χ3n) is 3.19. The van der Waals surface area contributed by atoms with E-state index in [1.807, 2.05) is 32.0 Å². The van der Waals surface area contributed by atoms with Gasteiger partial charge in [0.1, 0.15) is 5.75 Å². The lowest BCUT2D eigenvalue weighted by Crippen LogP contribution is -2.13. The van der Waals surface area contributed by atoms with E-state index in [1.54, 1.807) is 24.1 Å².